The van der Waals surface area contributed by atoms with Crippen LogP contribution in [0.2, 0.25) is 0 Å². The Morgan fingerprint density at radius 2 is 2.15 bits per heavy atom. The third-order valence-corrected chi connectivity index (χ3v) is 4.42. The molecule has 2 N–H and O–H groups in total. The number of likely N-dealkylation sites (tertiary alicyclic amines) is 1. The van der Waals surface area contributed by atoms with E-state index < -0.39 is 11.4 Å². The molecule has 2 fully saturated rings. The molecule has 20 heavy (non-hydrogen) atoms. The zero-order chi connectivity index (χ0) is 14.8. The molecule has 0 aromatic rings. The standard InChI is InChI=1S/C14H25N3O3/c1-3-16(11-4-5-11)9-7-15-13(20)17-8-6-14(2,10-17)12(18)19/h11H,3-10H2,1-2H3,(H,15,20)(H,18,19). The molecule has 1 saturated carbocycles. The van der Waals surface area contributed by atoms with Crippen LogP contribution in [-0.2, 0) is 4.79 Å². The molecular weight excluding hydrogens is 258 g/mol. The van der Waals surface area contributed by atoms with Gasteiger partial charge < -0.3 is 15.3 Å². The van der Waals surface area contributed by atoms with Crippen LogP contribution in [0.1, 0.15) is 33.1 Å². The number of nitrogens with one attached hydrogen (secondary N) is 1. The van der Waals surface area contributed by atoms with E-state index in [9.17, 15) is 9.59 Å². The molecule has 0 spiro atoms. The van der Waals surface area contributed by atoms with Crippen molar-refractivity contribution < 1.29 is 14.7 Å². The van der Waals surface area contributed by atoms with E-state index in [0.717, 1.165) is 13.1 Å². The number of hydrogen-bond donors (Lipinski definition) is 2. The van der Waals surface area contributed by atoms with E-state index in [1.54, 1.807) is 11.8 Å². The highest BCUT2D eigenvalue weighted by Gasteiger charge is 2.42. The van der Waals surface area contributed by atoms with Gasteiger partial charge in [0, 0.05) is 32.2 Å². The predicted octanol–water partition coefficient (Wildman–Crippen LogP) is 0.977. The van der Waals surface area contributed by atoms with Gasteiger partial charge in [-0.25, -0.2) is 4.79 Å². The summed E-state index contributed by atoms with van der Waals surface area (Å²) in [6, 6.07) is 0.570. The number of carbonyl (C=O) groups is 2. The number of amides is 2. The molecule has 0 bridgehead atoms. The maximum atomic E-state index is 12.0. The highest BCUT2D eigenvalue weighted by atomic mass is 16.4. The second kappa shape index (κ2) is 5.99. The van der Waals surface area contributed by atoms with E-state index >= 15 is 0 Å². The van der Waals surface area contributed by atoms with E-state index in [0.29, 0.717) is 32.1 Å². The average Bonchev–Trinajstić information content (AvgIpc) is 3.16. The summed E-state index contributed by atoms with van der Waals surface area (Å²) in [5.74, 6) is -0.821. The minimum Gasteiger partial charge on any atom is -0.481 e. The third kappa shape index (κ3) is 3.42. The van der Waals surface area contributed by atoms with Crippen molar-refractivity contribution in [1.29, 1.82) is 0 Å². The van der Waals surface area contributed by atoms with Gasteiger partial charge in [0.25, 0.3) is 0 Å². The largest absolute Gasteiger partial charge is 0.481 e. The van der Waals surface area contributed by atoms with Crippen LogP contribution < -0.4 is 5.32 Å². The van der Waals surface area contributed by atoms with Crippen molar-refractivity contribution in [3.63, 3.8) is 0 Å². The van der Waals surface area contributed by atoms with Crippen LogP contribution >= 0.6 is 0 Å². The van der Waals surface area contributed by atoms with Crippen LogP contribution in [0.4, 0.5) is 4.79 Å². The van der Waals surface area contributed by atoms with Crippen LogP contribution in [0.15, 0.2) is 0 Å². The van der Waals surface area contributed by atoms with Gasteiger partial charge in [0.1, 0.15) is 0 Å². The van der Waals surface area contributed by atoms with E-state index in [2.05, 4.69) is 17.1 Å². The summed E-state index contributed by atoms with van der Waals surface area (Å²) in [4.78, 5) is 27.2. The van der Waals surface area contributed by atoms with Gasteiger partial charge in [-0.1, -0.05) is 6.92 Å². The normalized spacial score (nSPS) is 26.1. The first-order chi connectivity index (χ1) is 9.46. The van der Waals surface area contributed by atoms with Gasteiger partial charge in [-0.3, -0.25) is 9.69 Å². The highest BCUT2D eigenvalue weighted by Crippen LogP contribution is 2.30. The molecule has 1 unspecified atom stereocenters. The lowest BCUT2D eigenvalue weighted by molar-refractivity contribution is -0.146. The molecule has 114 valence electrons. The third-order valence-electron chi connectivity index (χ3n) is 4.42. The van der Waals surface area contributed by atoms with Crippen molar-refractivity contribution in [2.45, 2.75) is 39.2 Å². The summed E-state index contributed by atoms with van der Waals surface area (Å²) < 4.78 is 0. The molecule has 1 atom stereocenters. The second-order valence-corrected chi connectivity index (χ2v) is 6.13. The number of carbonyl (C=O) groups excluding carboxylic acids is 1. The maximum absolute atomic E-state index is 12.0. The molecule has 6 nitrogen and oxygen atoms in total. The summed E-state index contributed by atoms with van der Waals surface area (Å²) in [7, 11) is 0. The molecule has 0 radical (unpaired) electrons. The Kier molecular flexibility index (Phi) is 4.52. The molecular formula is C14H25N3O3. The van der Waals surface area contributed by atoms with Crippen LogP contribution in [0.5, 0.6) is 0 Å². The van der Waals surface area contributed by atoms with E-state index in [1.807, 2.05) is 0 Å². The number of carboxylic acid groups (broad SMARTS) is 1. The first-order valence-electron chi connectivity index (χ1n) is 7.46. The molecule has 1 saturated heterocycles. The van der Waals surface area contributed by atoms with Gasteiger partial charge in [0.05, 0.1) is 5.41 Å². The maximum Gasteiger partial charge on any atom is 0.317 e. The molecule has 2 rings (SSSR count). The molecule has 0 aromatic carbocycles. The summed E-state index contributed by atoms with van der Waals surface area (Å²) in [6.45, 7) is 7.18. The number of urea groups is 1. The molecule has 6 heteroatoms. The van der Waals surface area contributed by atoms with Gasteiger partial charge in [-0.2, -0.15) is 0 Å². The van der Waals surface area contributed by atoms with E-state index in [4.69, 9.17) is 5.11 Å². The molecule has 2 aliphatic rings. The Bertz CT molecular complexity index is 384. The Labute approximate surface area is 120 Å². The van der Waals surface area contributed by atoms with Crippen molar-refractivity contribution in [2.75, 3.05) is 32.7 Å². The summed E-state index contributed by atoms with van der Waals surface area (Å²) in [5.41, 5.74) is -0.791. The number of nitrogens with zero attached hydrogens (tertiary/aromatic N) is 2. The molecule has 1 aliphatic carbocycles. The molecule has 1 heterocycles. The van der Waals surface area contributed by atoms with Crippen molar-refractivity contribution in [3.8, 4) is 0 Å². The minimum atomic E-state index is -0.821. The lowest BCUT2D eigenvalue weighted by atomic mass is 9.90. The molecule has 0 aromatic heterocycles. The topological polar surface area (TPSA) is 72.9 Å². The van der Waals surface area contributed by atoms with Crippen molar-refractivity contribution in [1.82, 2.24) is 15.1 Å². The number of hydrogen-bond acceptors (Lipinski definition) is 3. The Balaban J connectivity index is 1.71. The monoisotopic (exact) mass is 283 g/mol. The first kappa shape index (κ1) is 15.1. The predicted molar refractivity (Wildman–Crippen MR) is 75.6 cm³/mol. The van der Waals surface area contributed by atoms with Crippen LogP contribution in [0, 0.1) is 5.41 Å². The van der Waals surface area contributed by atoms with Crippen molar-refractivity contribution in [3.05, 3.63) is 0 Å². The van der Waals surface area contributed by atoms with Gasteiger partial charge in [-0.15, -0.1) is 0 Å². The zero-order valence-corrected chi connectivity index (χ0v) is 12.4. The fourth-order valence-electron chi connectivity index (χ4n) is 2.77. The Morgan fingerprint density at radius 1 is 1.45 bits per heavy atom. The van der Waals surface area contributed by atoms with Gasteiger partial charge >= 0.3 is 12.0 Å². The Hall–Kier alpha value is -1.30. The lowest BCUT2D eigenvalue weighted by Crippen LogP contribution is -2.43. The van der Waals surface area contributed by atoms with E-state index in [-0.39, 0.29) is 6.03 Å². The smallest absolute Gasteiger partial charge is 0.317 e. The second-order valence-electron chi connectivity index (χ2n) is 6.13. The van der Waals surface area contributed by atoms with Crippen molar-refractivity contribution >= 4 is 12.0 Å². The van der Waals surface area contributed by atoms with Crippen molar-refractivity contribution in [2.24, 2.45) is 5.41 Å². The first-order valence-corrected chi connectivity index (χ1v) is 7.46. The lowest BCUT2D eigenvalue weighted by Gasteiger charge is -2.23. The van der Waals surface area contributed by atoms with Gasteiger partial charge in [-0.05, 0) is 32.7 Å². The summed E-state index contributed by atoms with van der Waals surface area (Å²) in [5, 5.41) is 12.1. The van der Waals surface area contributed by atoms with Crippen LogP contribution in [0.3, 0.4) is 0 Å². The number of aliphatic carboxylic acids is 1. The minimum absolute atomic E-state index is 0.137. The Morgan fingerprint density at radius 3 is 2.65 bits per heavy atom. The SMILES string of the molecule is CCN(CCNC(=O)N1CCC(C)(C(=O)O)C1)C1CC1. The van der Waals surface area contributed by atoms with Crippen LogP contribution in [-0.4, -0.2) is 65.7 Å². The zero-order valence-electron chi connectivity index (χ0n) is 12.4. The molecule has 1 aliphatic heterocycles. The number of carboxylic acids is 1. The summed E-state index contributed by atoms with van der Waals surface area (Å²) >= 11 is 0. The van der Waals surface area contributed by atoms with Gasteiger partial charge in [0.15, 0.2) is 0 Å². The van der Waals surface area contributed by atoms with Gasteiger partial charge in [0.2, 0.25) is 0 Å². The number of rotatable bonds is 6. The fraction of sp³-hybridized carbons (Fsp3) is 0.857. The number of likely N-dealkylation sites (N-methyl/N-ethyl adjacent to an activating group) is 1. The van der Waals surface area contributed by atoms with E-state index in [1.165, 1.54) is 12.8 Å². The average molecular weight is 283 g/mol. The molecule has 2 amide bonds. The summed E-state index contributed by atoms with van der Waals surface area (Å²) in [6.07, 6.45) is 3.06. The quantitative estimate of drug-likeness (QED) is 0.762. The highest BCUT2D eigenvalue weighted by molar-refractivity contribution is 5.79. The van der Waals surface area contributed by atoms with Crippen LogP contribution in [0.25, 0.3) is 0 Å². The fourth-order valence-corrected chi connectivity index (χ4v) is 2.77.